The zero-order chi connectivity index (χ0) is 8.36. The Balaban J connectivity index is 3.81. The average Bonchev–Trinajstić information content (AvgIpc) is 1.60. The van der Waals surface area contributed by atoms with Gasteiger partial charge in [-0.2, -0.15) is 0 Å². The molecule has 60 valence electrons. The summed E-state index contributed by atoms with van der Waals surface area (Å²) in [5.74, 6) is 0. The molecule has 0 aliphatic carbocycles. The molecule has 0 radical (unpaired) electrons. The molecule has 0 saturated carbocycles. The Kier molecular flexibility index (Phi) is 3.09. The van der Waals surface area contributed by atoms with Crippen molar-refractivity contribution in [1.29, 1.82) is 0 Å². The van der Waals surface area contributed by atoms with E-state index in [1.807, 2.05) is 33.9 Å². The van der Waals surface area contributed by atoms with Crippen molar-refractivity contribution in [1.82, 2.24) is 5.32 Å². The second kappa shape index (κ2) is 3.19. The van der Waals surface area contributed by atoms with E-state index in [4.69, 9.17) is 0 Å². The first kappa shape index (κ1) is 9.69. The fourth-order valence-electron chi connectivity index (χ4n) is 0.514. The molecule has 0 saturated heterocycles. The zero-order valence-corrected chi connectivity index (χ0v) is 8.64. The molecule has 0 spiro atoms. The molecule has 2 nitrogen and oxygen atoms in total. The van der Waals surface area contributed by atoms with E-state index in [1.54, 1.807) is 0 Å². The smallest absolute Gasteiger partial charge is 0.188 e. The number of carbonyl (C=O) groups is 1. The number of hydrogen-bond acceptors (Lipinski definition) is 1. The van der Waals surface area contributed by atoms with Crippen molar-refractivity contribution in [2.24, 2.45) is 0 Å². The van der Waals surface area contributed by atoms with Crippen LogP contribution in [0.1, 0.15) is 20.8 Å². The molecular weight excluding hydrogens is 142 g/mol. The second-order valence-corrected chi connectivity index (χ2v) is 6.73. The lowest BCUT2D eigenvalue weighted by atomic mass is 10.1. The van der Waals surface area contributed by atoms with Crippen LogP contribution in [0.2, 0.25) is 13.1 Å². The molecule has 0 fully saturated rings. The summed E-state index contributed by atoms with van der Waals surface area (Å²) in [4.78, 5) is 11.1. The maximum absolute atomic E-state index is 11.1. The number of hydrogen-bond donors (Lipinski definition) is 1. The summed E-state index contributed by atoms with van der Waals surface area (Å²) in [6, 6.07) is 0. The minimum Gasteiger partial charge on any atom is -0.356 e. The predicted octanol–water partition coefficient (Wildman–Crippen LogP) is 1.56. The van der Waals surface area contributed by atoms with Gasteiger partial charge >= 0.3 is 0 Å². The van der Waals surface area contributed by atoms with Gasteiger partial charge in [0.05, 0.1) is 0 Å². The molecule has 0 atom stereocenters. The molecule has 0 aromatic rings. The molecule has 0 rings (SSSR count). The highest BCUT2D eigenvalue weighted by Crippen LogP contribution is 1.99. The van der Waals surface area contributed by atoms with Crippen LogP contribution >= 0.6 is 0 Å². The summed E-state index contributed by atoms with van der Waals surface area (Å²) in [6.07, 6.45) is 0. The lowest BCUT2D eigenvalue weighted by molar-refractivity contribution is 0.250. The second-order valence-electron chi connectivity index (χ2n) is 3.89. The quantitative estimate of drug-likeness (QED) is 0.578. The Morgan fingerprint density at radius 2 is 1.70 bits per heavy atom. The molecule has 0 aliphatic heterocycles. The van der Waals surface area contributed by atoms with Gasteiger partial charge in [-0.15, -0.1) is 0 Å². The van der Waals surface area contributed by atoms with E-state index < -0.39 is 8.80 Å². The Labute approximate surface area is 64.6 Å². The van der Waals surface area contributed by atoms with Crippen LogP contribution in [0.5, 0.6) is 0 Å². The number of amides is 1. The fourth-order valence-corrected chi connectivity index (χ4v) is 1.24. The summed E-state index contributed by atoms with van der Waals surface area (Å²) in [7, 11) is -1.11. The average molecular weight is 159 g/mol. The number of carbonyl (C=O) groups excluding carboxylic acids is 1. The fraction of sp³-hybridized carbons (Fsp3) is 0.857. The standard InChI is InChI=1S/C7H17NOSi/c1-7(2,3)8-6(9)10(4)5/h10H,1-5H3,(H,8,9). The van der Waals surface area contributed by atoms with Gasteiger partial charge in [-0.3, -0.25) is 4.79 Å². The first-order chi connectivity index (χ1) is 4.33. The van der Waals surface area contributed by atoms with E-state index >= 15 is 0 Å². The minimum atomic E-state index is -1.11. The summed E-state index contributed by atoms with van der Waals surface area (Å²) in [5, 5.41) is 2.94. The molecule has 0 heterocycles. The van der Waals surface area contributed by atoms with Crippen LogP contribution in [0.15, 0.2) is 0 Å². The van der Waals surface area contributed by atoms with E-state index in [0.29, 0.717) is 0 Å². The maximum atomic E-state index is 11.1. The van der Waals surface area contributed by atoms with Crippen LogP contribution < -0.4 is 5.32 Å². The van der Waals surface area contributed by atoms with Crippen molar-refractivity contribution in [2.75, 3.05) is 0 Å². The highest BCUT2D eigenvalue weighted by Gasteiger charge is 2.15. The summed E-state index contributed by atoms with van der Waals surface area (Å²) < 4.78 is 0. The minimum absolute atomic E-state index is 0.0612. The lowest BCUT2D eigenvalue weighted by Crippen LogP contribution is -2.44. The van der Waals surface area contributed by atoms with E-state index in [2.05, 4.69) is 5.32 Å². The van der Waals surface area contributed by atoms with Crippen LogP contribution in [0.4, 0.5) is 4.79 Å². The van der Waals surface area contributed by atoms with Crippen molar-refractivity contribution in [2.45, 2.75) is 39.4 Å². The monoisotopic (exact) mass is 159 g/mol. The highest BCUT2D eigenvalue weighted by molar-refractivity contribution is 6.87. The zero-order valence-electron chi connectivity index (χ0n) is 7.49. The van der Waals surface area contributed by atoms with Gasteiger partial charge in [-0.25, -0.2) is 0 Å². The summed E-state index contributed by atoms with van der Waals surface area (Å²) >= 11 is 0. The van der Waals surface area contributed by atoms with Crippen molar-refractivity contribution < 1.29 is 4.79 Å². The lowest BCUT2D eigenvalue weighted by Gasteiger charge is -2.21. The van der Waals surface area contributed by atoms with Crippen LogP contribution in [-0.2, 0) is 0 Å². The predicted molar refractivity (Wildman–Crippen MR) is 47.2 cm³/mol. The van der Waals surface area contributed by atoms with Crippen LogP contribution in [-0.4, -0.2) is 19.9 Å². The molecule has 0 aromatic carbocycles. The molecule has 0 unspecified atom stereocenters. The third kappa shape index (κ3) is 4.55. The van der Waals surface area contributed by atoms with Gasteiger partial charge in [0.1, 0.15) is 8.80 Å². The SMILES string of the molecule is C[SiH](C)C(=O)NC(C)(C)C. The Morgan fingerprint density at radius 3 is 1.80 bits per heavy atom. The third-order valence-electron chi connectivity index (χ3n) is 1.02. The molecule has 0 bridgehead atoms. The van der Waals surface area contributed by atoms with E-state index in [9.17, 15) is 4.79 Å². The van der Waals surface area contributed by atoms with Crippen LogP contribution in [0, 0.1) is 0 Å². The first-order valence-corrected chi connectivity index (χ1v) is 6.53. The largest absolute Gasteiger partial charge is 0.356 e. The molecule has 0 aromatic heterocycles. The highest BCUT2D eigenvalue weighted by atomic mass is 28.3. The summed E-state index contributed by atoms with van der Waals surface area (Å²) in [5.41, 5.74) is 0.196. The normalized spacial score (nSPS) is 11.8. The van der Waals surface area contributed by atoms with Crippen molar-refractivity contribution in [3.63, 3.8) is 0 Å². The van der Waals surface area contributed by atoms with E-state index in [0.717, 1.165) is 0 Å². The van der Waals surface area contributed by atoms with Gasteiger partial charge < -0.3 is 5.32 Å². The van der Waals surface area contributed by atoms with Gasteiger partial charge in [0, 0.05) is 5.54 Å². The Bertz CT molecular complexity index is 126. The Hall–Kier alpha value is -0.313. The maximum Gasteiger partial charge on any atom is 0.188 e. The van der Waals surface area contributed by atoms with Crippen molar-refractivity contribution in [3.05, 3.63) is 0 Å². The van der Waals surface area contributed by atoms with Gasteiger partial charge in [0.15, 0.2) is 5.53 Å². The Morgan fingerprint density at radius 1 is 1.30 bits per heavy atom. The van der Waals surface area contributed by atoms with Gasteiger partial charge in [0.2, 0.25) is 0 Å². The summed E-state index contributed by atoms with van der Waals surface area (Å²) in [6.45, 7) is 10.1. The number of nitrogens with one attached hydrogen (secondary N) is 1. The van der Waals surface area contributed by atoms with E-state index in [-0.39, 0.29) is 11.1 Å². The molecule has 10 heavy (non-hydrogen) atoms. The third-order valence-corrected chi connectivity index (χ3v) is 2.22. The molecular formula is C7H17NOSi. The molecule has 1 amide bonds. The van der Waals surface area contributed by atoms with Gasteiger partial charge in [-0.05, 0) is 20.8 Å². The first-order valence-electron chi connectivity index (χ1n) is 3.65. The van der Waals surface area contributed by atoms with Gasteiger partial charge in [0.25, 0.3) is 0 Å². The van der Waals surface area contributed by atoms with Gasteiger partial charge in [-0.1, -0.05) is 13.1 Å². The topological polar surface area (TPSA) is 29.1 Å². The van der Waals surface area contributed by atoms with Crippen LogP contribution in [0.25, 0.3) is 0 Å². The number of rotatable bonds is 1. The van der Waals surface area contributed by atoms with Crippen molar-refractivity contribution in [3.8, 4) is 0 Å². The molecule has 1 N–H and O–H groups in total. The molecule has 3 heteroatoms. The molecule has 0 aliphatic rings. The van der Waals surface area contributed by atoms with Crippen LogP contribution in [0.3, 0.4) is 0 Å². The van der Waals surface area contributed by atoms with Crippen molar-refractivity contribution >= 4 is 14.3 Å². The van der Waals surface area contributed by atoms with E-state index in [1.165, 1.54) is 0 Å².